The van der Waals surface area contributed by atoms with Gasteiger partial charge in [-0.15, -0.1) is 11.3 Å². The van der Waals surface area contributed by atoms with Crippen LogP contribution in [0.25, 0.3) is 10.6 Å². The lowest BCUT2D eigenvalue weighted by Crippen LogP contribution is -2.34. The summed E-state index contributed by atoms with van der Waals surface area (Å²) in [7, 11) is 0. The fourth-order valence-corrected chi connectivity index (χ4v) is 4.04. The Morgan fingerprint density at radius 3 is 2.45 bits per heavy atom. The van der Waals surface area contributed by atoms with Gasteiger partial charge in [0, 0.05) is 24.8 Å². The molecule has 2 aromatic carbocycles. The van der Waals surface area contributed by atoms with Crippen LogP contribution in [0.5, 0.6) is 0 Å². The molecule has 4 rings (SSSR count). The molecule has 8 heteroatoms. The second kappa shape index (κ2) is 10.2. The quantitative estimate of drug-likeness (QED) is 0.384. The van der Waals surface area contributed by atoms with Crippen molar-refractivity contribution >= 4 is 23.2 Å². The zero-order valence-electron chi connectivity index (χ0n) is 18.0. The minimum atomic E-state index is -0.426. The van der Waals surface area contributed by atoms with Crippen LogP contribution in [-0.2, 0) is 6.54 Å². The van der Waals surface area contributed by atoms with Gasteiger partial charge in [-0.1, -0.05) is 42.5 Å². The van der Waals surface area contributed by atoms with Crippen molar-refractivity contribution in [1.82, 2.24) is 20.4 Å². The van der Waals surface area contributed by atoms with Crippen LogP contribution in [0.3, 0.4) is 0 Å². The summed E-state index contributed by atoms with van der Waals surface area (Å²) in [4.78, 5) is 26.0. The summed E-state index contributed by atoms with van der Waals surface area (Å²) in [6.45, 7) is 2.63. The van der Waals surface area contributed by atoms with E-state index in [2.05, 4.69) is 15.7 Å². The highest BCUT2D eigenvalue weighted by molar-refractivity contribution is 7.13. The van der Waals surface area contributed by atoms with E-state index in [0.717, 1.165) is 10.4 Å². The highest BCUT2D eigenvalue weighted by Crippen LogP contribution is 2.27. The van der Waals surface area contributed by atoms with Crippen LogP contribution in [0.1, 0.15) is 31.8 Å². The summed E-state index contributed by atoms with van der Waals surface area (Å²) in [6, 6.07) is 18.1. The van der Waals surface area contributed by atoms with Crippen molar-refractivity contribution in [1.29, 1.82) is 0 Å². The Morgan fingerprint density at radius 2 is 1.76 bits per heavy atom. The molecule has 2 N–H and O–H groups in total. The summed E-state index contributed by atoms with van der Waals surface area (Å²) in [5.74, 6) is -1.09. The Kier molecular flexibility index (Phi) is 6.95. The Bertz CT molecular complexity index is 1250. The maximum absolute atomic E-state index is 13.7. The molecule has 6 nitrogen and oxygen atoms in total. The molecule has 33 heavy (non-hydrogen) atoms. The number of benzene rings is 2. The monoisotopic (exact) mass is 462 g/mol. The van der Waals surface area contributed by atoms with Crippen LogP contribution >= 0.6 is 11.3 Å². The van der Waals surface area contributed by atoms with E-state index in [4.69, 9.17) is 0 Å². The average Bonchev–Trinajstić information content (AvgIpc) is 3.49. The first-order chi connectivity index (χ1) is 16.0. The highest BCUT2D eigenvalue weighted by atomic mass is 32.1. The Hall–Kier alpha value is -3.78. The van der Waals surface area contributed by atoms with Crippen molar-refractivity contribution in [3.05, 3.63) is 100 Å². The van der Waals surface area contributed by atoms with E-state index in [1.165, 1.54) is 17.4 Å². The van der Waals surface area contributed by atoms with E-state index in [-0.39, 0.29) is 24.6 Å². The van der Waals surface area contributed by atoms with Gasteiger partial charge in [-0.05, 0) is 41.6 Å². The molecule has 0 aliphatic carbocycles. The van der Waals surface area contributed by atoms with E-state index in [9.17, 15) is 14.0 Å². The average molecular weight is 463 g/mol. The number of hydrogen-bond donors (Lipinski definition) is 2. The van der Waals surface area contributed by atoms with Gasteiger partial charge >= 0.3 is 0 Å². The van der Waals surface area contributed by atoms with Gasteiger partial charge in [-0.2, -0.15) is 5.10 Å². The number of rotatable bonds is 8. The Morgan fingerprint density at radius 1 is 1.00 bits per heavy atom. The molecule has 4 aromatic rings. The number of nitrogens with zero attached hydrogens (tertiary/aromatic N) is 2. The number of carbonyl (C=O) groups excluding carboxylic acids is 2. The molecule has 2 amide bonds. The van der Waals surface area contributed by atoms with Crippen molar-refractivity contribution in [2.45, 2.75) is 13.5 Å². The molecule has 2 heterocycles. The molecule has 0 spiro atoms. The van der Waals surface area contributed by atoms with Gasteiger partial charge < -0.3 is 10.6 Å². The number of thiophene rings is 1. The standard InChI is InChI=1S/C25H23FN4O2S/c1-17-9-10-19(14-21(17)26)24(31)27-11-12-28-25(32)20-16-30(15-18-6-3-2-4-7-18)29-23(20)22-8-5-13-33-22/h2-10,13-14,16H,11-12,15H2,1H3,(H,27,31)(H,28,32). The third-order valence-electron chi connectivity index (χ3n) is 5.08. The number of aromatic nitrogens is 2. The van der Waals surface area contributed by atoms with Gasteiger partial charge in [-0.25, -0.2) is 4.39 Å². The van der Waals surface area contributed by atoms with Gasteiger partial charge in [0.25, 0.3) is 11.8 Å². The topological polar surface area (TPSA) is 76.0 Å². The van der Waals surface area contributed by atoms with Crippen LogP contribution in [0.4, 0.5) is 4.39 Å². The lowest BCUT2D eigenvalue weighted by atomic mass is 10.1. The number of aryl methyl sites for hydroxylation is 1. The molecule has 0 fully saturated rings. The van der Waals surface area contributed by atoms with E-state index >= 15 is 0 Å². The summed E-state index contributed by atoms with van der Waals surface area (Å²) in [5, 5.41) is 12.1. The molecule has 0 saturated heterocycles. The first kappa shape index (κ1) is 22.4. The number of hydrogen-bond acceptors (Lipinski definition) is 4. The van der Waals surface area contributed by atoms with Crippen molar-refractivity contribution in [3.8, 4) is 10.6 Å². The fourth-order valence-electron chi connectivity index (χ4n) is 3.32. The lowest BCUT2D eigenvalue weighted by molar-refractivity contribution is 0.0927. The Labute approximate surface area is 195 Å². The number of carbonyl (C=O) groups is 2. The van der Waals surface area contributed by atoms with E-state index < -0.39 is 11.7 Å². The molecule has 0 atom stereocenters. The fraction of sp³-hybridized carbons (Fsp3) is 0.160. The van der Waals surface area contributed by atoms with E-state index in [1.807, 2.05) is 47.8 Å². The SMILES string of the molecule is Cc1ccc(C(=O)NCCNC(=O)c2cn(Cc3ccccc3)nc2-c2cccs2)cc1F. The molecule has 0 aliphatic heterocycles. The number of amides is 2. The van der Waals surface area contributed by atoms with Crippen LogP contribution in [0.15, 0.2) is 72.2 Å². The minimum absolute atomic E-state index is 0.215. The smallest absolute Gasteiger partial charge is 0.255 e. The van der Waals surface area contributed by atoms with E-state index in [0.29, 0.717) is 23.4 Å². The van der Waals surface area contributed by atoms with E-state index in [1.54, 1.807) is 29.9 Å². The van der Waals surface area contributed by atoms with Crippen LogP contribution in [0.2, 0.25) is 0 Å². The zero-order chi connectivity index (χ0) is 23.2. The van der Waals surface area contributed by atoms with Crippen molar-refractivity contribution in [3.63, 3.8) is 0 Å². The second-order valence-electron chi connectivity index (χ2n) is 7.53. The molecule has 0 bridgehead atoms. The Balaban J connectivity index is 1.39. The second-order valence-corrected chi connectivity index (χ2v) is 8.48. The molecule has 0 unspecified atom stereocenters. The summed E-state index contributed by atoms with van der Waals surface area (Å²) in [5.41, 5.74) is 2.90. The van der Waals surface area contributed by atoms with Gasteiger partial charge in [0.2, 0.25) is 0 Å². The van der Waals surface area contributed by atoms with Crippen molar-refractivity contribution in [2.24, 2.45) is 0 Å². The molecule has 0 radical (unpaired) electrons. The predicted octanol–water partition coefficient (Wildman–Crippen LogP) is 4.27. The molecule has 0 saturated carbocycles. The van der Waals surface area contributed by atoms with Crippen LogP contribution in [-0.4, -0.2) is 34.7 Å². The maximum Gasteiger partial charge on any atom is 0.255 e. The number of nitrogens with one attached hydrogen (secondary N) is 2. The molecule has 2 aromatic heterocycles. The summed E-state index contributed by atoms with van der Waals surface area (Å²) < 4.78 is 15.4. The van der Waals surface area contributed by atoms with Gasteiger partial charge in [-0.3, -0.25) is 14.3 Å². The van der Waals surface area contributed by atoms with Crippen molar-refractivity contribution < 1.29 is 14.0 Å². The van der Waals surface area contributed by atoms with Crippen LogP contribution < -0.4 is 10.6 Å². The highest BCUT2D eigenvalue weighted by Gasteiger charge is 2.19. The van der Waals surface area contributed by atoms with Crippen LogP contribution in [0, 0.1) is 12.7 Å². The largest absolute Gasteiger partial charge is 0.350 e. The lowest BCUT2D eigenvalue weighted by Gasteiger charge is -2.08. The first-order valence-corrected chi connectivity index (χ1v) is 11.4. The summed E-state index contributed by atoms with van der Waals surface area (Å²) >= 11 is 1.52. The first-order valence-electron chi connectivity index (χ1n) is 10.5. The van der Waals surface area contributed by atoms with Gasteiger partial charge in [0.15, 0.2) is 0 Å². The molecule has 168 valence electrons. The summed E-state index contributed by atoms with van der Waals surface area (Å²) in [6.07, 6.45) is 1.74. The predicted molar refractivity (Wildman–Crippen MR) is 127 cm³/mol. The molecule has 0 aliphatic rings. The zero-order valence-corrected chi connectivity index (χ0v) is 18.9. The third-order valence-corrected chi connectivity index (χ3v) is 5.95. The van der Waals surface area contributed by atoms with Gasteiger partial charge in [0.1, 0.15) is 11.5 Å². The van der Waals surface area contributed by atoms with Gasteiger partial charge in [0.05, 0.1) is 17.0 Å². The third kappa shape index (κ3) is 5.53. The molecular weight excluding hydrogens is 439 g/mol. The normalized spacial score (nSPS) is 10.7. The molecular formula is C25H23FN4O2S. The minimum Gasteiger partial charge on any atom is -0.350 e. The number of halogens is 1. The van der Waals surface area contributed by atoms with Crippen molar-refractivity contribution in [2.75, 3.05) is 13.1 Å². The maximum atomic E-state index is 13.7.